The number of esters is 1. The van der Waals surface area contributed by atoms with Crippen molar-refractivity contribution < 1.29 is 19.1 Å². The Morgan fingerprint density at radius 1 is 1.23 bits per heavy atom. The van der Waals surface area contributed by atoms with Crippen LogP contribution >= 0.6 is 0 Å². The molecule has 0 bridgehead atoms. The first-order valence-corrected chi connectivity index (χ1v) is 10.4. The van der Waals surface area contributed by atoms with Gasteiger partial charge in [-0.25, -0.2) is 4.79 Å². The van der Waals surface area contributed by atoms with Crippen molar-refractivity contribution in [1.82, 2.24) is 9.13 Å². The molecule has 3 heterocycles. The van der Waals surface area contributed by atoms with Gasteiger partial charge in [-0.15, -0.1) is 0 Å². The summed E-state index contributed by atoms with van der Waals surface area (Å²) in [6, 6.07) is 9.22. The number of pyridine rings is 1. The summed E-state index contributed by atoms with van der Waals surface area (Å²) in [5.74, 6) is 0.0157. The molecule has 1 aromatic carbocycles. The molecule has 1 atom stereocenters. The van der Waals surface area contributed by atoms with E-state index in [9.17, 15) is 14.4 Å². The van der Waals surface area contributed by atoms with Crippen molar-refractivity contribution in [3.63, 3.8) is 0 Å². The maximum Gasteiger partial charge on any atom is 0.343 e. The van der Waals surface area contributed by atoms with Gasteiger partial charge in [-0.05, 0) is 30.5 Å². The molecule has 7 nitrogen and oxygen atoms in total. The Kier molecular flexibility index (Phi) is 5.21. The summed E-state index contributed by atoms with van der Waals surface area (Å²) in [7, 11) is 0. The summed E-state index contributed by atoms with van der Waals surface area (Å²) in [5.41, 5.74) is 2.11. The quantitative estimate of drug-likeness (QED) is 0.461. The average molecular weight is 422 g/mol. The third-order valence-electron chi connectivity index (χ3n) is 5.74. The molecule has 31 heavy (non-hydrogen) atoms. The Morgan fingerprint density at radius 3 is 2.68 bits per heavy atom. The number of carbonyl (C=O) groups is 2. The number of hydrogen-bond donors (Lipinski definition) is 0. The Bertz CT molecular complexity index is 1230. The van der Waals surface area contributed by atoms with Crippen LogP contribution in [0.5, 0.6) is 5.75 Å². The van der Waals surface area contributed by atoms with Crippen LogP contribution in [0.4, 0.5) is 0 Å². The first-order chi connectivity index (χ1) is 14.8. The maximum atomic E-state index is 12.8. The molecule has 0 N–H and O–H groups in total. The first kappa shape index (κ1) is 20.9. The zero-order chi connectivity index (χ0) is 22.3. The monoisotopic (exact) mass is 422 g/mol. The molecule has 0 aliphatic carbocycles. The van der Waals surface area contributed by atoms with Gasteiger partial charge in [0.1, 0.15) is 17.9 Å². The van der Waals surface area contributed by atoms with Gasteiger partial charge in [-0.2, -0.15) is 0 Å². The molecule has 2 aromatic heterocycles. The number of ether oxygens (including phenoxy) is 2. The fraction of sp³-hybridized carbons (Fsp3) is 0.375. The summed E-state index contributed by atoms with van der Waals surface area (Å²) in [5, 5.41) is 0.877. The predicted octanol–water partition coefficient (Wildman–Crippen LogP) is 3.83. The summed E-state index contributed by atoms with van der Waals surface area (Å²) < 4.78 is 14.9. The molecule has 0 saturated heterocycles. The van der Waals surface area contributed by atoms with Crippen LogP contribution in [0.1, 0.15) is 44.1 Å². The fourth-order valence-electron chi connectivity index (χ4n) is 4.24. The third kappa shape index (κ3) is 3.54. The second-order valence-corrected chi connectivity index (χ2v) is 8.75. The van der Waals surface area contributed by atoms with Gasteiger partial charge >= 0.3 is 5.97 Å². The zero-order valence-corrected chi connectivity index (χ0v) is 18.2. The molecular formula is C24H26N2O5. The van der Waals surface area contributed by atoms with E-state index in [2.05, 4.69) is 25.3 Å². The summed E-state index contributed by atoms with van der Waals surface area (Å²) in [4.78, 5) is 36.0. The van der Waals surface area contributed by atoms with Gasteiger partial charge in [-0.3, -0.25) is 9.59 Å². The summed E-state index contributed by atoms with van der Waals surface area (Å²) in [6.45, 7) is 8.98. The van der Waals surface area contributed by atoms with Gasteiger partial charge in [0.15, 0.2) is 11.7 Å². The largest absolute Gasteiger partial charge is 0.485 e. The van der Waals surface area contributed by atoms with Gasteiger partial charge in [0, 0.05) is 24.2 Å². The lowest BCUT2D eigenvalue weighted by Crippen LogP contribution is -2.35. The van der Waals surface area contributed by atoms with Gasteiger partial charge in [0.05, 0.1) is 29.6 Å². The number of rotatable bonds is 5. The van der Waals surface area contributed by atoms with E-state index in [4.69, 9.17) is 9.47 Å². The van der Waals surface area contributed by atoms with Crippen LogP contribution in [-0.4, -0.2) is 34.6 Å². The van der Waals surface area contributed by atoms with E-state index in [0.29, 0.717) is 12.3 Å². The van der Waals surface area contributed by atoms with Crippen LogP contribution in [0.3, 0.4) is 0 Å². The van der Waals surface area contributed by atoms with Gasteiger partial charge in [0.25, 0.3) is 0 Å². The fourth-order valence-corrected chi connectivity index (χ4v) is 4.24. The topological polar surface area (TPSA) is 79.5 Å². The summed E-state index contributed by atoms with van der Waals surface area (Å²) in [6.07, 6.45) is 2.35. The lowest BCUT2D eigenvalue weighted by Gasteiger charge is -2.39. The standard InChI is InChI=1S/C24H26N2O5/c1-5-30-23(29)16-13-26-19(12-20(16)28)18-11-15-17(7-6-8-21(15)31-10-9-27)25(18)14-22(26)24(2,3)4/h6-9,11-13,22H,5,10,14H2,1-4H3. The van der Waals surface area contributed by atoms with Crippen molar-refractivity contribution >= 4 is 23.2 Å². The Labute approximate surface area is 180 Å². The minimum Gasteiger partial charge on any atom is -0.485 e. The second-order valence-electron chi connectivity index (χ2n) is 8.75. The lowest BCUT2D eigenvalue weighted by molar-refractivity contribution is -0.109. The van der Waals surface area contributed by atoms with Crippen molar-refractivity contribution in [1.29, 1.82) is 0 Å². The molecule has 0 radical (unpaired) electrons. The van der Waals surface area contributed by atoms with Crippen molar-refractivity contribution in [3.05, 3.63) is 52.3 Å². The Hall–Kier alpha value is -3.35. The SMILES string of the molecule is CCOC(=O)c1cn2c(cc1=O)-c1cc3c(OCC=O)cccc3n1CC2C(C)(C)C. The minimum atomic E-state index is -0.605. The highest BCUT2D eigenvalue weighted by Gasteiger charge is 2.34. The molecule has 3 aromatic rings. The predicted molar refractivity (Wildman–Crippen MR) is 118 cm³/mol. The highest BCUT2D eigenvalue weighted by Crippen LogP contribution is 2.43. The minimum absolute atomic E-state index is 0.000994. The number of nitrogens with zero attached hydrogens (tertiary/aromatic N) is 2. The van der Waals surface area contributed by atoms with Crippen LogP contribution in [0.25, 0.3) is 22.3 Å². The smallest absolute Gasteiger partial charge is 0.343 e. The maximum absolute atomic E-state index is 12.8. The van der Waals surface area contributed by atoms with Crippen LogP contribution in [0.2, 0.25) is 0 Å². The number of carbonyl (C=O) groups excluding carboxylic acids is 2. The van der Waals surface area contributed by atoms with E-state index in [-0.39, 0.29) is 35.7 Å². The van der Waals surface area contributed by atoms with E-state index in [0.717, 1.165) is 28.6 Å². The Balaban J connectivity index is 1.97. The van der Waals surface area contributed by atoms with E-state index >= 15 is 0 Å². The van der Waals surface area contributed by atoms with E-state index in [1.54, 1.807) is 13.1 Å². The molecule has 0 fully saturated rings. The van der Waals surface area contributed by atoms with Crippen molar-refractivity contribution in [2.24, 2.45) is 5.41 Å². The molecule has 0 saturated carbocycles. The van der Waals surface area contributed by atoms with Crippen LogP contribution in [-0.2, 0) is 16.1 Å². The van der Waals surface area contributed by atoms with Crippen molar-refractivity contribution in [2.75, 3.05) is 13.2 Å². The van der Waals surface area contributed by atoms with E-state index in [1.165, 1.54) is 6.07 Å². The van der Waals surface area contributed by atoms with E-state index < -0.39 is 5.97 Å². The first-order valence-electron chi connectivity index (χ1n) is 10.4. The van der Waals surface area contributed by atoms with E-state index in [1.807, 2.05) is 28.8 Å². The van der Waals surface area contributed by atoms with Gasteiger partial charge in [0.2, 0.25) is 0 Å². The highest BCUT2D eigenvalue weighted by molar-refractivity contribution is 5.93. The number of benzene rings is 1. The van der Waals surface area contributed by atoms with Crippen molar-refractivity contribution in [3.8, 4) is 17.1 Å². The number of aromatic nitrogens is 2. The lowest BCUT2D eigenvalue weighted by atomic mass is 9.85. The second kappa shape index (κ2) is 7.72. The van der Waals surface area contributed by atoms with Crippen LogP contribution in [0.15, 0.2) is 41.3 Å². The summed E-state index contributed by atoms with van der Waals surface area (Å²) >= 11 is 0. The number of fused-ring (bicyclic) bond motifs is 5. The average Bonchev–Trinajstić information content (AvgIpc) is 3.10. The third-order valence-corrected chi connectivity index (χ3v) is 5.74. The zero-order valence-electron chi connectivity index (χ0n) is 18.2. The Morgan fingerprint density at radius 2 is 2.00 bits per heavy atom. The normalized spacial score (nSPS) is 15.3. The molecule has 162 valence electrons. The molecule has 1 aliphatic rings. The van der Waals surface area contributed by atoms with Gasteiger partial charge in [-0.1, -0.05) is 26.8 Å². The molecule has 1 aliphatic heterocycles. The highest BCUT2D eigenvalue weighted by atomic mass is 16.5. The van der Waals surface area contributed by atoms with Gasteiger partial charge < -0.3 is 18.6 Å². The van der Waals surface area contributed by atoms with Crippen molar-refractivity contribution in [2.45, 2.75) is 40.3 Å². The molecule has 4 rings (SSSR count). The number of aldehydes is 1. The van der Waals surface area contributed by atoms with Crippen LogP contribution < -0.4 is 10.2 Å². The molecule has 1 unspecified atom stereocenters. The van der Waals surface area contributed by atoms with Crippen LogP contribution in [0, 0.1) is 5.41 Å². The molecule has 7 heteroatoms. The molecule has 0 spiro atoms. The number of hydrogen-bond acceptors (Lipinski definition) is 5. The molecular weight excluding hydrogens is 396 g/mol. The molecule has 0 amide bonds.